The van der Waals surface area contributed by atoms with Gasteiger partial charge in [-0.15, -0.1) is 10.2 Å². The van der Waals surface area contributed by atoms with Gasteiger partial charge >= 0.3 is 11.7 Å². The molecule has 2 heterocycles. The molecule has 2 rings (SSSR count). The van der Waals surface area contributed by atoms with Crippen molar-refractivity contribution in [2.24, 2.45) is 0 Å². The van der Waals surface area contributed by atoms with Crippen LogP contribution in [-0.2, 0) is 0 Å². The monoisotopic (exact) mass is 222 g/mol. The molecule has 0 saturated heterocycles. The molecule has 0 aliphatic carbocycles. The molecule has 0 aliphatic rings. The molecule has 0 saturated carbocycles. The predicted octanol–water partition coefficient (Wildman–Crippen LogP) is 0.644. The third kappa shape index (κ3) is 1.36. The van der Waals surface area contributed by atoms with Gasteiger partial charge in [-0.1, -0.05) is 0 Å². The lowest BCUT2D eigenvalue weighted by atomic mass is 10.2. The van der Waals surface area contributed by atoms with Crippen molar-refractivity contribution in [3.05, 3.63) is 33.8 Å². The number of hydrogen-bond acceptors (Lipinski definition) is 5. The van der Waals surface area contributed by atoms with Crippen LogP contribution in [0.25, 0.3) is 5.65 Å². The Morgan fingerprint density at radius 2 is 2.25 bits per heavy atom. The maximum Gasteiger partial charge on any atom is 0.342 e. The van der Waals surface area contributed by atoms with Crippen LogP contribution in [0.15, 0.2) is 12.3 Å². The molecule has 0 bridgehead atoms. The molecule has 82 valence electrons. The molecule has 0 unspecified atom stereocenters. The number of pyridine rings is 1. The van der Waals surface area contributed by atoms with Gasteiger partial charge in [-0.2, -0.15) is 0 Å². The predicted molar refractivity (Wildman–Crippen MR) is 51.3 cm³/mol. The third-order valence-electron chi connectivity index (χ3n) is 2.12. The highest BCUT2D eigenvalue weighted by atomic mass is 16.6. The molecule has 8 heteroatoms. The lowest BCUT2D eigenvalue weighted by Gasteiger charge is -1.99. The highest BCUT2D eigenvalue weighted by molar-refractivity contribution is 5.93. The Balaban J connectivity index is 2.83. The van der Waals surface area contributed by atoms with E-state index in [1.807, 2.05) is 0 Å². The van der Waals surface area contributed by atoms with Gasteiger partial charge in [-0.25, -0.2) is 4.79 Å². The second kappa shape index (κ2) is 3.26. The SMILES string of the molecule is Cc1nnc2cc(C(=O)O)c([N+](=O)[O-])cn12. The molecule has 8 nitrogen and oxygen atoms in total. The van der Waals surface area contributed by atoms with Crippen LogP contribution in [0, 0.1) is 17.0 Å². The molecule has 2 aromatic heterocycles. The van der Waals surface area contributed by atoms with Crippen LogP contribution < -0.4 is 0 Å². The van der Waals surface area contributed by atoms with E-state index in [2.05, 4.69) is 10.2 Å². The zero-order valence-electron chi connectivity index (χ0n) is 8.12. The van der Waals surface area contributed by atoms with Gasteiger partial charge in [0.05, 0.1) is 11.1 Å². The second-order valence-electron chi connectivity index (χ2n) is 3.11. The summed E-state index contributed by atoms with van der Waals surface area (Å²) in [6, 6.07) is 1.13. The molecule has 0 aliphatic heterocycles. The zero-order chi connectivity index (χ0) is 11.9. The summed E-state index contributed by atoms with van der Waals surface area (Å²) in [6.07, 6.45) is 1.11. The number of fused-ring (bicyclic) bond motifs is 1. The van der Waals surface area contributed by atoms with Crippen molar-refractivity contribution >= 4 is 17.3 Å². The van der Waals surface area contributed by atoms with Gasteiger partial charge in [0, 0.05) is 6.07 Å². The fourth-order valence-electron chi connectivity index (χ4n) is 1.36. The van der Waals surface area contributed by atoms with Crippen molar-refractivity contribution in [1.29, 1.82) is 0 Å². The van der Waals surface area contributed by atoms with E-state index >= 15 is 0 Å². The van der Waals surface area contributed by atoms with Gasteiger partial charge < -0.3 is 5.11 Å². The number of carbonyl (C=O) groups is 1. The summed E-state index contributed by atoms with van der Waals surface area (Å²) in [4.78, 5) is 20.8. The van der Waals surface area contributed by atoms with E-state index in [4.69, 9.17) is 5.11 Å². The van der Waals surface area contributed by atoms with E-state index in [0.29, 0.717) is 5.82 Å². The van der Waals surface area contributed by atoms with Crippen LogP contribution in [0.1, 0.15) is 16.2 Å². The highest BCUT2D eigenvalue weighted by Gasteiger charge is 2.22. The fourth-order valence-corrected chi connectivity index (χ4v) is 1.36. The molecule has 0 radical (unpaired) electrons. The minimum atomic E-state index is -1.37. The van der Waals surface area contributed by atoms with Crippen LogP contribution >= 0.6 is 0 Å². The van der Waals surface area contributed by atoms with E-state index in [-0.39, 0.29) is 5.65 Å². The summed E-state index contributed by atoms with van der Waals surface area (Å²) >= 11 is 0. The molecule has 0 fully saturated rings. The number of carboxylic acid groups (broad SMARTS) is 1. The van der Waals surface area contributed by atoms with Crippen molar-refractivity contribution in [1.82, 2.24) is 14.6 Å². The summed E-state index contributed by atoms with van der Waals surface area (Å²) in [7, 11) is 0. The Bertz CT molecular complexity index is 603. The maximum absolute atomic E-state index is 10.8. The van der Waals surface area contributed by atoms with Crippen LogP contribution in [0.3, 0.4) is 0 Å². The highest BCUT2D eigenvalue weighted by Crippen LogP contribution is 2.20. The molecule has 2 aromatic rings. The van der Waals surface area contributed by atoms with Gasteiger partial charge in [0.15, 0.2) is 5.65 Å². The van der Waals surface area contributed by atoms with Gasteiger partial charge in [0.25, 0.3) is 0 Å². The summed E-state index contributed by atoms with van der Waals surface area (Å²) < 4.78 is 1.37. The Morgan fingerprint density at radius 3 is 2.81 bits per heavy atom. The van der Waals surface area contributed by atoms with Crippen molar-refractivity contribution in [2.75, 3.05) is 0 Å². The summed E-state index contributed by atoms with van der Waals surface area (Å²) in [5.41, 5.74) is -0.617. The lowest BCUT2D eigenvalue weighted by Crippen LogP contribution is -2.05. The first-order valence-electron chi connectivity index (χ1n) is 4.24. The Kier molecular flexibility index (Phi) is 2.04. The van der Waals surface area contributed by atoms with Crippen LogP contribution in [0.5, 0.6) is 0 Å². The van der Waals surface area contributed by atoms with Crippen molar-refractivity contribution in [2.45, 2.75) is 6.92 Å². The molecular weight excluding hydrogens is 216 g/mol. The van der Waals surface area contributed by atoms with E-state index in [9.17, 15) is 14.9 Å². The number of nitrogens with zero attached hydrogens (tertiary/aromatic N) is 4. The number of nitro groups is 1. The summed E-state index contributed by atoms with van der Waals surface area (Å²) in [6.45, 7) is 1.62. The first-order chi connectivity index (χ1) is 7.50. The molecular formula is C8H6N4O4. The molecule has 0 spiro atoms. The number of aryl methyl sites for hydroxylation is 1. The van der Waals surface area contributed by atoms with Crippen molar-refractivity contribution in [3.63, 3.8) is 0 Å². The van der Waals surface area contributed by atoms with Gasteiger partial charge in [0.1, 0.15) is 11.4 Å². The van der Waals surface area contributed by atoms with E-state index in [1.54, 1.807) is 6.92 Å². The lowest BCUT2D eigenvalue weighted by molar-refractivity contribution is -0.385. The molecule has 1 N–H and O–H groups in total. The first kappa shape index (κ1) is 10.0. The van der Waals surface area contributed by atoms with Crippen LogP contribution in [-0.4, -0.2) is 30.6 Å². The minimum Gasteiger partial charge on any atom is -0.477 e. The largest absolute Gasteiger partial charge is 0.477 e. The molecule has 16 heavy (non-hydrogen) atoms. The second-order valence-corrected chi connectivity index (χ2v) is 3.11. The van der Waals surface area contributed by atoms with Gasteiger partial charge in [-0.3, -0.25) is 14.5 Å². The van der Waals surface area contributed by atoms with Gasteiger partial charge in [0.2, 0.25) is 0 Å². The van der Waals surface area contributed by atoms with Crippen LogP contribution in [0.2, 0.25) is 0 Å². The Morgan fingerprint density at radius 1 is 1.56 bits per heavy atom. The zero-order valence-corrected chi connectivity index (χ0v) is 8.12. The standard InChI is InChI=1S/C8H6N4O4/c1-4-9-10-7-2-5(8(13)14)6(12(15)16)3-11(4)7/h2-3H,1H3,(H,13,14). The third-order valence-corrected chi connectivity index (χ3v) is 2.12. The number of aromatic nitrogens is 3. The van der Waals surface area contributed by atoms with E-state index < -0.39 is 22.1 Å². The summed E-state index contributed by atoms with van der Waals surface area (Å²) in [5.74, 6) is -0.912. The molecule has 0 amide bonds. The number of aromatic carboxylic acids is 1. The average Bonchev–Trinajstić information content (AvgIpc) is 2.58. The Labute approximate surface area is 88.3 Å². The minimum absolute atomic E-state index is 0.264. The van der Waals surface area contributed by atoms with E-state index in [0.717, 1.165) is 12.3 Å². The first-order valence-corrected chi connectivity index (χ1v) is 4.24. The van der Waals surface area contributed by atoms with E-state index in [1.165, 1.54) is 4.40 Å². The van der Waals surface area contributed by atoms with Crippen molar-refractivity contribution < 1.29 is 14.8 Å². The average molecular weight is 222 g/mol. The number of carboxylic acids is 1. The smallest absolute Gasteiger partial charge is 0.342 e. The molecule has 0 aromatic carbocycles. The number of hydrogen-bond donors (Lipinski definition) is 1. The summed E-state index contributed by atoms with van der Waals surface area (Å²) in [5, 5.41) is 26.9. The quantitative estimate of drug-likeness (QED) is 0.589. The van der Waals surface area contributed by atoms with Crippen LogP contribution in [0.4, 0.5) is 5.69 Å². The fraction of sp³-hybridized carbons (Fsp3) is 0.125. The topological polar surface area (TPSA) is 111 Å². The molecule has 0 atom stereocenters. The number of rotatable bonds is 2. The maximum atomic E-state index is 10.8. The normalized spacial score (nSPS) is 10.6. The Hall–Kier alpha value is -2.51. The van der Waals surface area contributed by atoms with Gasteiger partial charge in [-0.05, 0) is 6.92 Å². The van der Waals surface area contributed by atoms with Crippen molar-refractivity contribution in [3.8, 4) is 0 Å².